The number of benzene rings is 1. The van der Waals surface area contributed by atoms with E-state index in [0.29, 0.717) is 17.7 Å². The Morgan fingerprint density at radius 2 is 1.92 bits per heavy atom. The fourth-order valence-electron chi connectivity index (χ4n) is 2.66. The van der Waals surface area contributed by atoms with Crippen LogP contribution in [0.2, 0.25) is 0 Å². The second-order valence-corrected chi connectivity index (χ2v) is 7.58. The van der Waals surface area contributed by atoms with Crippen molar-refractivity contribution in [2.24, 2.45) is 0 Å². The van der Waals surface area contributed by atoms with Crippen molar-refractivity contribution in [2.45, 2.75) is 23.7 Å². The van der Waals surface area contributed by atoms with E-state index in [1.165, 1.54) is 24.3 Å². The lowest BCUT2D eigenvalue weighted by molar-refractivity contribution is 0.113. The first-order valence-corrected chi connectivity index (χ1v) is 9.18. The van der Waals surface area contributed by atoms with Gasteiger partial charge >= 0.3 is 0 Å². The number of rotatable bonds is 4. The first-order valence-electron chi connectivity index (χ1n) is 7.29. The van der Waals surface area contributed by atoms with Crippen LogP contribution in [0.3, 0.4) is 0 Å². The van der Waals surface area contributed by atoms with Crippen molar-refractivity contribution >= 4 is 9.84 Å². The van der Waals surface area contributed by atoms with Gasteiger partial charge in [-0.25, -0.2) is 17.2 Å². The van der Waals surface area contributed by atoms with Gasteiger partial charge in [-0.15, -0.1) is 0 Å². The third-order valence-electron chi connectivity index (χ3n) is 3.85. The molecule has 0 N–H and O–H groups in total. The molecule has 1 aliphatic carbocycles. The Labute approximate surface area is 138 Å². The number of aromatic nitrogens is 1. The summed E-state index contributed by atoms with van der Waals surface area (Å²) < 4.78 is 54.6. The summed E-state index contributed by atoms with van der Waals surface area (Å²) in [6, 6.07) is 5.79. The zero-order valence-corrected chi connectivity index (χ0v) is 13.6. The lowest BCUT2D eigenvalue weighted by Gasteiger charge is -2.12. The highest BCUT2D eigenvalue weighted by molar-refractivity contribution is 7.90. The van der Waals surface area contributed by atoms with Gasteiger partial charge in [0.15, 0.2) is 9.84 Å². The summed E-state index contributed by atoms with van der Waals surface area (Å²) in [6.45, 7) is 0. The molecule has 4 nitrogen and oxygen atoms in total. The Hall–Kier alpha value is -2.28. The minimum Gasteiger partial charge on any atom is -0.354 e. The summed E-state index contributed by atoms with van der Waals surface area (Å²) in [5, 5.41) is 3.85. The van der Waals surface area contributed by atoms with Crippen LogP contribution in [0, 0.1) is 0 Å². The summed E-state index contributed by atoms with van der Waals surface area (Å²) in [5.74, 6) is -0.657. The highest BCUT2D eigenvalue weighted by Gasteiger charge is 2.28. The van der Waals surface area contributed by atoms with Gasteiger partial charge in [0.05, 0.1) is 16.2 Å². The van der Waals surface area contributed by atoms with Crippen LogP contribution >= 0.6 is 0 Å². The first kappa shape index (κ1) is 16.6. The van der Waals surface area contributed by atoms with E-state index in [0.717, 1.165) is 6.26 Å². The minimum atomic E-state index is -3.35. The molecule has 126 valence electrons. The molecule has 0 aliphatic heterocycles. The summed E-state index contributed by atoms with van der Waals surface area (Å²) in [6.07, 6.45) is 6.45. The van der Waals surface area contributed by atoms with Crippen LogP contribution in [0.15, 0.2) is 58.0 Å². The summed E-state index contributed by atoms with van der Waals surface area (Å²) in [4.78, 5) is 0.128. The van der Waals surface area contributed by atoms with Crippen molar-refractivity contribution in [2.75, 3.05) is 6.26 Å². The largest absolute Gasteiger partial charge is 0.354 e. The number of halogens is 2. The number of hydrogen-bond acceptors (Lipinski definition) is 4. The molecule has 1 unspecified atom stereocenters. The quantitative estimate of drug-likeness (QED) is 0.825. The van der Waals surface area contributed by atoms with Crippen LogP contribution in [-0.2, 0) is 9.84 Å². The van der Waals surface area contributed by atoms with Crippen molar-refractivity contribution in [1.82, 2.24) is 5.16 Å². The van der Waals surface area contributed by atoms with Gasteiger partial charge in [0, 0.05) is 12.2 Å². The van der Waals surface area contributed by atoms with Crippen molar-refractivity contribution in [3.8, 4) is 11.1 Å². The zero-order valence-electron chi connectivity index (χ0n) is 12.8. The molecular weight excluding hydrogens is 336 g/mol. The van der Waals surface area contributed by atoms with E-state index in [1.54, 1.807) is 0 Å². The van der Waals surface area contributed by atoms with Crippen molar-refractivity contribution in [3.05, 3.63) is 60.0 Å². The fourth-order valence-corrected chi connectivity index (χ4v) is 3.29. The minimum absolute atomic E-state index is 0.128. The number of alkyl halides is 2. The number of allylic oxidation sites excluding steroid dienone is 4. The zero-order chi connectivity index (χ0) is 17.3. The van der Waals surface area contributed by atoms with Crippen LogP contribution in [0.5, 0.6) is 0 Å². The van der Waals surface area contributed by atoms with Crippen LogP contribution in [-0.4, -0.2) is 19.8 Å². The van der Waals surface area contributed by atoms with Crippen molar-refractivity contribution in [3.63, 3.8) is 0 Å². The Balaban J connectivity index is 2.10. The molecule has 1 aromatic heterocycles. The predicted octanol–water partition coefficient (Wildman–Crippen LogP) is 4.28. The third-order valence-corrected chi connectivity index (χ3v) is 4.97. The molecule has 7 heteroatoms. The average Bonchev–Trinajstić information content (AvgIpc) is 3.00. The molecule has 1 heterocycles. The first-order chi connectivity index (χ1) is 11.4. The highest BCUT2D eigenvalue weighted by Crippen LogP contribution is 2.39. The third kappa shape index (κ3) is 3.17. The second-order valence-electron chi connectivity index (χ2n) is 5.56. The summed E-state index contributed by atoms with van der Waals surface area (Å²) in [7, 11) is -3.35. The van der Waals surface area contributed by atoms with Gasteiger partial charge in [-0.1, -0.05) is 41.6 Å². The maximum absolute atomic E-state index is 13.3. The molecule has 0 spiro atoms. The normalized spacial score (nSPS) is 17.6. The summed E-state index contributed by atoms with van der Waals surface area (Å²) in [5.41, 5.74) is 1.12. The molecule has 1 aliphatic rings. The van der Waals surface area contributed by atoms with Crippen LogP contribution in [0.4, 0.5) is 8.78 Å². The van der Waals surface area contributed by atoms with E-state index in [9.17, 15) is 17.2 Å². The molecule has 0 saturated heterocycles. The van der Waals surface area contributed by atoms with E-state index in [1.807, 2.05) is 24.3 Å². The highest BCUT2D eigenvalue weighted by atomic mass is 32.2. The number of sulfone groups is 1. The monoisotopic (exact) mass is 351 g/mol. The topological polar surface area (TPSA) is 60.2 Å². The maximum Gasteiger partial charge on any atom is 0.298 e. The molecule has 0 amide bonds. The molecule has 0 saturated carbocycles. The maximum atomic E-state index is 13.3. The van der Waals surface area contributed by atoms with E-state index in [4.69, 9.17) is 4.52 Å². The Morgan fingerprint density at radius 3 is 2.46 bits per heavy atom. The molecule has 2 aromatic rings. The Bertz CT molecular complexity index is 896. The summed E-state index contributed by atoms with van der Waals surface area (Å²) >= 11 is 0. The Kier molecular flexibility index (Phi) is 4.36. The van der Waals surface area contributed by atoms with E-state index in [2.05, 4.69) is 5.16 Å². The van der Waals surface area contributed by atoms with Gasteiger partial charge < -0.3 is 4.52 Å². The lowest BCUT2D eigenvalue weighted by atomic mass is 9.91. The number of hydrogen-bond donors (Lipinski definition) is 0. The molecule has 24 heavy (non-hydrogen) atoms. The second kappa shape index (κ2) is 6.32. The van der Waals surface area contributed by atoms with Gasteiger partial charge in [0.2, 0.25) is 5.76 Å². The van der Waals surface area contributed by atoms with Crippen LogP contribution in [0.1, 0.15) is 30.2 Å². The molecule has 0 fully saturated rings. The van der Waals surface area contributed by atoms with Crippen molar-refractivity contribution in [1.29, 1.82) is 0 Å². The van der Waals surface area contributed by atoms with Crippen LogP contribution < -0.4 is 0 Å². The van der Waals surface area contributed by atoms with Crippen molar-refractivity contribution < 1.29 is 21.7 Å². The van der Waals surface area contributed by atoms with Crippen LogP contribution in [0.25, 0.3) is 11.1 Å². The molecule has 1 aromatic carbocycles. The molecular formula is C17H15F2NO3S. The van der Waals surface area contributed by atoms with Gasteiger partial charge in [-0.3, -0.25) is 0 Å². The molecule has 0 radical (unpaired) electrons. The molecule has 0 bridgehead atoms. The van der Waals surface area contributed by atoms with Gasteiger partial charge in [0.25, 0.3) is 6.43 Å². The van der Waals surface area contributed by atoms with Gasteiger partial charge in [-0.05, 0) is 24.1 Å². The Morgan fingerprint density at radius 1 is 1.21 bits per heavy atom. The van der Waals surface area contributed by atoms with Gasteiger partial charge in [0.1, 0.15) is 0 Å². The van der Waals surface area contributed by atoms with Gasteiger partial charge in [-0.2, -0.15) is 0 Å². The van der Waals surface area contributed by atoms with E-state index < -0.39 is 22.0 Å². The molecule has 3 rings (SSSR count). The standard InChI is InChI=1S/C17H15F2NO3S/c1-24(21,22)13-9-7-11(8-10-13)14-15(12-5-3-2-4-6-12)20-23-16(14)17(18)19/h2-5,7-10,12,17H,6H2,1H3. The molecule has 1 atom stereocenters. The smallest absolute Gasteiger partial charge is 0.298 e. The fraction of sp³-hybridized carbons (Fsp3) is 0.235. The SMILES string of the molecule is CS(=O)(=O)c1ccc(-c2c(C3C=CC=CC3)noc2C(F)F)cc1. The van der Waals surface area contributed by atoms with E-state index >= 15 is 0 Å². The predicted molar refractivity (Wildman–Crippen MR) is 85.6 cm³/mol. The van der Waals surface area contributed by atoms with E-state index in [-0.39, 0.29) is 16.4 Å². The number of nitrogens with zero attached hydrogens (tertiary/aromatic N) is 1. The lowest BCUT2D eigenvalue weighted by Crippen LogP contribution is -2.00. The average molecular weight is 351 g/mol.